The Morgan fingerprint density at radius 1 is 1.13 bits per heavy atom. The van der Waals surface area contributed by atoms with Crippen molar-refractivity contribution < 1.29 is 13.9 Å². The molecule has 1 unspecified atom stereocenters. The summed E-state index contributed by atoms with van der Waals surface area (Å²) >= 11 is 6.16. The Morgan fingerprint density at radius 2 is 1.79 bits per heavy atom. The van der Waals surface area contributed by atoms with Crippen LogP contribution in [0.5, 0.6) is 0 Å². The molecule has 2 aromatic rings. The Hall–Kier alpha value is -2.19. The first-order valence-electron chi connectivity index (χ1n) is 13.6. The number of hydrogen-bond donors (Lipinski definition) is 1. The van der Waals surface area contributed by atoms with E-state index in [1.54, 1.807) is 6.07 Å². The lowest BCUT2D eigenvalue weighted by Gasteiger charge is -2.38. The van der Waals surface area contributed by atoms with E-state index in [2.05, 4.69) is 55.1 Å². The summed E-state index contributed by atoms with van der Waals surface area (Å²) in [6.07, 6.45) is 1.25. The molecule has 2 rings (SSSR count). The van der Waals surface area contributed by atoms with Gasteiger partial charge in [0.25, 0.3) is 6.47 Å². The summed E-state index contributed by atoms with van der Waals surface area (Å²) in [5.74, 6) is -0.430. The van der Waals surface area contributed by atoms with Gasteiger partial charge in [0.1, 0.15) is 11.9 Å². The highest BCUT2D eigenvalue weighted by atomic mass is 35.5. The van der Waals surface area contributed by atoms with E-state index in [0.29, 0.717) is 19.4 Å². The lowest BCUT2D eigenvalue weighted by molar-refractivity contribution is -0.134. The van der Waals surface area contributed by atoms with Crippen LogP contribution in [0.4, 0.5) is 10.1 Å². The molecule has 1 N–H and O–H groups in total. The Bertz CT molecular complexity index is 940. The van der Waals surface area contributed by atoms with Gasteiger partial charge < -0.3 is 14.6 Å². The minimum atomic E-state index is -0.430. The van der Waals surface area contributed by atoms with Crippen molar-refractivity contribution in [3.63, 3.8) is 0 Å². The lowest BCUT2D eigenvalue weighted by Crippen LogP contribution is -2.49. The Morgan fingerprint density at radius 3 is 2.34 bits per heavy atom. The van der Waals surface area contributed by atoms with Crippen LogP contribution in [0.2, 0.25) is 5.02 Å². The number of halogens is 2. The van der Waals surface area contributed by atoms with Gasteiger partial charge in [0.2, 0.25) is 0 Å². The summed E-state index contributed by atoms with van der Waals surface area (Å²) in [7, 11) is 3.87. The maximum atomic E-state index is 14.4. The number of hydrazine groups is 1. The van der Waals surface area contributed by atoms with Gasteiger partial charge in [0, 0.05) is 44.8 Å². The molecule has 38 heavy (non-hydrogen) atoms. The predicted molar refractivity (Wildman–Crippen MR) is 158 cm³/mol. The van der Waals surface area contributed by atoms with Gasteiger partial charge in [-0.2, -0.15) is 0 Å². The van der Waals surface area contributed by atoms with Gasteiger partial charge in [-0.05, 0) is 64.4 Å². The Kier molecular flexibility index (Phi) is 15.5. The molecule has 0 saturated heterocycles. The monoisotopic (exact) mass is 550 g/mol. The van der Waals surface area contributed by atoms with Crippen LogP contribution in [0.3, 0.4) is 0 Å². The first-order chi connectivity index (χ1) is 18.1. The average molecular weight is 551 g/mol. The Labute approximate surface area is 235 Å². The quantitative estimate of drug-likeness (QED) is 0.211. The molecule has 8 heteroatoms. The van der Waals surface area contributed by atoms with Crippen molar-refractivity contribution in [1.29, 1.82) is 0 Å². The van der Waals surface area contributed by atoms with E-state index in [9.17, 15) is 9.18 Å². The van der Waals surface area contributed by atoms with Crippen molar-refractivity contribution in [3.8, 4) is 0 Å². The smallest absolute Gasteiger partial charge is 0.293 e. The van der Waals surface area contributed by atoms with Gasteiger partial charge in [-0.25, -0.2) is 9.82 Å². The molecule has 0 fully saturated rings. The van der Waals surface area contributed by atoms with Gasteiger partial charge in [0.05, 0.1) is 10.7 Å². The van der Waals surface area contributed by atoms with Crippen LogP contribution in [-0.4, -0.2) is 68.2 Å². The van der Waals surface area contributed by atoms with Crippen LogP contribution in [0, 0.1) is 5.82 Å². The summed E-state index contributed by atoms with van der Waals surface area (Å²) in [5, 5.41) is 2.09. The number of carbonyl (C=O) groups excluding carboxylic acids is 1. The topological polar surface area (TPSA) is 48.0 Å². The third kappa shape index (κ3) is 11.3. The number of carbonyl (C=O) groups is 1. The van der Waals surface area contributed by atoms with E-state index in [0.717, 1.165) is 43.9 Å². The first kappa shape index (κ1) is 33.8. The Balaban J connectivity index is 0.00000352. The van der Waals surface area contributed by atoms with E-state index in [1.807, 2.05) is 51.2 Å². The molecule has 1 atom stereocenters. The molecule has 0 heterocycles. The summed E-state index contributed by atoms with van der Waals surface area (Å²) in [6, 6.07) is 13.5. The molecule has 0 radical (unpaired) electrons. The van der Waals surface area contributed by atoms with Crippen LogP contribution < -0.4 is 10.4 Å². The zero-order chi connectivity index (χ0) is 28.7. The van der Waals surface area contributed by atoms with E-state index in [-0.39, 0.29) is 16.7 Å². The first-order valence-corrected chi connectivity index (χ1v) is 14.0. The highest BCUT2D eigenvalue weighted by Gasteiger charge is 2.24. The van der Waals surface area contributed by atoms with Crippen LogP contribution in [0.15, 0.2) is 42.5 Å². The molecular weight excluding hydrogens is 503 g/mol. The molecular formula is C30H48ClFN4O2. The number of nitrogens with zero attached hydrogens (tertiary/aromatic N) is 3. The van der Waals surface area contributed by atoms with E-state index >= 15 is 0 Å². The molecule has 0 amide bonds. The van der Waals surface area contributed by atoms with Gasteiger partial charge in [0.15, 0.2) is 0 Å². The fourth-order valence-corrected chi connectivity index (χ4v) is 4.61. The SMILES string of the molecule is CC.CCN(CCc1cc(Cl)c(F)cc1N(NC)C(C)(C)C)CCC(CN(C)Cc1ccccc1)OC=O. The van der Waals surface area contributed by atoms with Gasteiger partial charge in [-0.1, -0.05) is 62.7 Å². The van der Waals surface area contributed by atoms with Crippen molar-refractivity contribution in [2.75, 3.05) is 45.3 Å². The fraction of sp³-hybridized carbons (Fsp3) is 0.567. The van der Waals surface area contributed by atoms with Crippen molar-refractivity contribution in [3.05, 3.63) is 64.4 Å². The van der Waals surface area contributed by atoms with Gasteiger partial charge in [-0.15, -0.1) is 0 Å². The highest BCUT2D eigenvalue weighted by Crippen LogP contribution is 2.31. The minimum Gasteiger partial charge on any atom is -0.463 e. The summed E-state index contributed by atoms with van der Waals surface area (Å²) in [4.78, 5) is 15.6. The second-order valence-corrected chi connectivity index (χ2v) is 10.5. The van der Waals surface area contributed by atoms with Crippen LogP contribution >= 0.6 is 11.6 Å². The molecule has 0 bridgehead atoms. The molecule has 0 saturated carbocycles. The number of likely N-dealkylation sites (N-methyl/N-ethyl adjacent to an activating group) is 2. The number of hydrogen-bond acceptors (Lipinski definition) is 6. The van der Waals surface area contributed by atoms with E-state index in [1.165, 1.54) is 11.6 Å². The molecule has 0 spiro atoms. The molecule has 0 aliphatic rings. The summed E-state index contributed by atoms with van der Waals surface area (Å²) in [6.45, 7) is 16.7. The largest absolute Gasteiger partial charge is 0.463 e. The fourth-order valence-electron chi connectivity index (χ4n) is 4.42. The van der Waals surface area contributed by atoms with Crippen molar-refractivity contribution in [2.24, 2.45) is 0 Å². The second-order valence-electron chi connectivity index (χ2n) is 10.1. The second kappa shape index (κ2) is 17.4. The third-order valence-electron chi connectivity index (χ3n) is 6.23. The van der Waals surface area contributed by atoms with Crippen LogP contribution in [0.25, 0.3) is 0 Å². The number of anilines is 1. The minimum absolute atomic E-state index is 0.127. The van der Waals surface area contributed by atoms with Gasteiger partial charge >= 0.3 is 0 Å². The highest BCUT2D eigenvalue weighted by molar-refractivity contribution is 6.30. The van der Waals surface area contributed by atoms with E-state index < -0.39 is 5.82 Å². The van der Waals surface area contributed by atoms with Crippen molar-refractivity contribution in [2.45, 2.75) is 72.6 Å². The van der Waals surface area contributed by atoms with Crippen molar-refractivity contribution >= 4 is 23.8 Å². The number of ether oxygens (including phenoxy) is 1. The van der Waals surface area contributed by atoms with Crippen LogP contribution in [0.1, 0.15) is 59.1 Å². The van der Waals surface area contributed by atoms with Crippen LogP contribution in [-0.2, 0) is 22.5 Å². The number of nitrogens with one attached hydrogen (secondary N) is 1. The molecule has 0 aliphatic carbocycles. The molecule has 6 nitrogen and oxygen atoms in total. The molecule has 214 valence electrons. The standard InChI is InChI=1S/C28H42ClFN4O2.C2H6/c1-7-33(16-14-24(36-21-35)20-32(6)19-22-11-9-8-10-12-22)15-13-23-17-25(29)26(30)18-27(23)34(31-5)28(2,3)4;1-2/h8-12,17-18,21,24,31H,7,13-16,19-20H2,1-6H3;1-2H3. The predicted octanol–water partition coefficient (Wildman–Crippen LogP) is 6.17. The molecule has 0 aromatic heterocycles. The summed E-state index contributed by atoms with van der Waals surface area (Å²) in [5.41, 5.74) is 5.93. The maximum absolute atomic E-state index is 14.4. The molecule has 0 aliphatic heterocycles. The van der Waals surface area contributed by atoms with Crippen molar-refractivity contribution in [1.82, 2.24) is 15.2 Å². The number of benzene rings is 2. The zero-order valence-electron chi connectivity index (χ0n) is 24.6. The molecule has 2 aromatic carbocycles. The lowest BCUT2D eigenvalue weighted by atomic mass is 10.0. The number of rotatable bonds is 15. The third-order valence-corrected chi connectivity index (χ3v) is 6.52. The maximum Gasteiger partial charge on any atom is 0.293 e. The van der Waals surface area contributed by atoms with Gasteiger partial charge in [-0.3, -0.25) is 9.69 Å². The van der Waals surface area contributed by atoms with E-state index in [4.69, 9.17) is 16.3 Å². The normalized spacial score (nSPS) is 12.2. The zero-order valence-corrected chi connectivity index (χ0v) is 25.3. The summed E-state index contributed by atoms with van der Waals surface area (Å²) < 4.78 is 19.8. The average Bonchev–Trinajstić information content (AvgIpc) is 2.88.